The number of ether oxygens (including phenoxy) is 1. The van der Waals surface area contributed by atoms with E-state index in [2.05, 4.69) is 34.1 Å². The second kappa shape index (κ2) is 15.2. The van der Waals surface area contributed by atoms with E-state index in [-0.39, 0.29) is 23.7 Å². The second-order valence-corrected chi connectivity index (χ2v) is 11.7. The number of piperazine rings is 1. The second-order valence-electron chi connectivity index (χ2n) is 10.6. The highest BCUT2D eigenvalue weighted by Gasteiger charge is 2.22. The minimum Gasteiger partial charge on any atom is -0.488 e. The molecule has 41 heavy (non-hydrogen) atoms. The lowest BCUT2D eigenvalue weighted by atomic mass is 9.87. The van der Waals surface area contributed by atoms with Crippen LogP contribution in [0.15, 0.2) is 114 Å². The number of halogens is 2. The standard InChI is InChI=1S/C35H38F2N2OS/c36-30-17-13-28(14-18-30)35(29-15-19-31(37)20-16-29)12-7-21-38-22-24-39(25-23-38)26-33(40-32-8-3-1-4-9-32)27-41-34-10-5-2-6-11-34/h1-6,8-11,13-20,33,35H,7,12,21-27H2. The highest BCUT2D eigenvalue weighted by Crippen LogP contribution is 2.30. The fraction of sp³-hybridized carbons (Fsp3) is 0.314. The van der Waals surface area contributed by atoms with Gasteiger partial charge >= 0.3 is 0 Å². The van der Waals surface area contributed by atoms with E-state index in [1.54, 1.807) is 0 Å². The molecule has 0 bridgehead atoms. The maximum absolute atomic E-state index is 13.6. The van der Waals surface area contributed by atoms with E-state index in [0.717, 1.165) is 74.7 Å². The van der Waals surface area contributed by atoms with E-state index in [9.17, 15) is 8.78 Å². The Morgan fingerprint density at radius 2 is 1.20 bits per heavy atom. The van der Waals surface area contributed by atoms with Crippen LogP contribution in [0.4, 0.5) is 8.78 Å². The summed E-state index contributed by atoms with van der Waals surface area (Å²) in [4.78, 5) is 6.32. The number of rotatable bonds is 13. The molecule has 214 valence electrons. The third-order valence-corrected chi connectivity index (χ3v) is 8.81. The van der Waals surface area contributed by atoms with Crippen molar-refractivity contribution in [2.45, 2.75) is 29.8 Å². The molecule has 4 aromatic rings. The molecule has 0 N–H and O–H groups in total. The van der Waals surface area contributed by atoms with Gasteiger partial charge in [-0.25, -0.2) is 8.78 Å². The monoisotopic (exact) mass is 572 g/mol. The van der Waals surface area contributed by atoms with E-state index in [1.165, 1.54) is 29.2 Å². The first-order valence-corrected chi connectivity index (χ1v) is 15.5. The first kappa shape index (κ1) is 29.3. The fourth-order valence-electron chi connectivity index (χ4n) is 5.44. The van der Waals surface area contributed by atoms with Crippen molar-refractivity contribution in [3.05, 3.63) is 132 Å². The van der Waals surface area contributed by atoms with Gasteiger partial charge in [0.15, 0.2) is 0 Å². The van der Waals surface area contributed by atoms with Gasteiger partial charge < -0.3 is 9.64 Å². The Bertz CT molecular complexity index is 1250. The summed E-state index contributed by atoms with van der Waals surface area (Å²) in [6, 6.07) is 34.1. The number of para-hydroxylation sites is 1. The third kappa shape index (κ3) is 9.15. The number of benzene rings is 4. The molecule has 0 aliphatic carbocycles. The highest BCUT2D eigenvalue weighted by molar-refractivity contribution is 7.99. The minimum atomic E-state index is -0.237. The predicted molar refractivity (Wildman–Crippen MR) is 165 cm³/mol. The number of hydrogen-bond donors (Lipinski definition) is 0. The van der Waals surface area contributed by atoms with Crippen molar-refractivity contribution in [2.75, 3.05) is 45.0 Å². The van der Waals surface area contributed by atoms with Gasteiger partial charge in [-0.2, -0.15) is 0 Å². The molecule has 1 saturated heterocycles. The molecule has 6 heteroatoms. The number of hydrogen-bond acceptors (Lipinski definition) is 4. The smallest absolute Gasteiger partial charge is 0.123 e. The molecule has 1 aliphatic rings. The summed E-state index contributed by atoms with van der Waals surface area (Å²) in [7, 11) is 0. The van der Waals surface area contributed by atoms with Crippen LogP contribution in [0, 0.1) is 11.6 Å². The molecule has 3 nitrogen and oxygen atoms in total. The molecule has 1 fully saturated rings. The summed E-state index contributed by atoms with van der Waals surface area (Å²) in [5.41, 5.74) is 2.14. The minimum absolute atomic E-state index is 0.0985. The van der Waals surface area contributed by atoms with Crippen LogP contribution < -0.4 is 4.74 Å². The van der Waals surface area contributed by atoms with Crippen molar-refractivity contribution in [1.29, 1.82) is 0 Å². The summed E-state index contributed by atoms with van der Waals surface area (Å²) in [5.74, 6) is 1.46. The van der Waals surface area contributed by atoms with Gasteiger partial charge in [-0.1, -0.05) is 60.7 Å². The van der Waals surface area contributed by atoms with Crippen molar-refractivity contribution in [2.24, 2.45) is 0 Å². The zero-order valence-corrected chi connectivity index (χ0v) is 24.2. The molecular weight excluding hydrogens is 534 g/mol. The van der Waals surface area contributed by atoms with Crippen molar-refractivity contribution >= 4 is 11.8 Å². The van der Waals surface area contributed by atoms with E-state index in [4.69, 9.17) is 4.74 Å². The zero-order chi connectivity index (χ0) is 28.3. The summed E-state index contributed by atoms with van der Waals surface area (Å²) in [5, 5.41) is 0. The molecule has 0 aromatic heterocycles. The summed E-state index contributed by atoms with van der Waals surface area (Å²) in [6.07, 6.45) is 2.05. The Morgan fingerprint density at radius 3 is 1.78 bits per heavy atom. The quantitative estimate of drug-likeness (QED) is 0.152. The Kier molecular flexibility index (Phi) is 10.8. The van der Waals surface area contributed by atoms with Crippen molar-refractivity contribution in [3.8, 4) is 5.75 Å². The summed E-state index contributed by atoms with van der Waals surface area (Å²) in [6.45, 7) is 6.01. The van der Waals surface area contributed by atoms with Gasteiger partial charge in [0, 0.05) is 49.3 Å². The molecule has 1 aliphatic heterocycles. The van der Waals surface area contributed by atoms with Gasteiger partial charge in [0.2, 0.25) is 0 Å². The van der Waals surface area contributed by atoms with E-state index in [1.807, 2.05) is 72.4 Å². The molecule has 1 atom stereocenters. The third-order valence-electron chi connectivity index (χ3n) is 7.66. The molecule has 1 heterocycles. The molecule has 0 spiro atoms. The van der Waals surface area contributed by atoms with Gasteiger partial charge in [-0.05, 0) is 79.0 Å². The zero-order valence-electron chi connectivity index (χ0n) is 23.4. The van der Waals surface area contributed by atoms with Crippen LogP contribution in [0.2, 0.25) is 0 Å². The highest BCUT2D eigenvalue weighted by atomic mass is 32.2. The number of nitrogens with zero attached hydrogens (tertiary/aromatic N) is 2. The van der Waals surface area contributed by atoms with Crippen molar-refractivity contribution in [1.82, 2.24) is 9.80 Å². The first-order valence-electron chi connectivity index (χ1n) is 14.5. The molecule has 0 amide bonds. The topological polar surface area (TPSA) is 15.7 Å². The van der Waals surface area contributed by atoms with Crippen LogP contribution in [0.5, 0.6) is 5.75 Å². The molecule has 1 unspecified atom stereocenters. The molecule has 0 saturated carbocycles. The van der Waals surface area contributed by atoms with Crippen LogP contribution in [-0.2, 0) is 0 Å². The summed E-state index contributed by atoms with van der Waals surface area (Å²) < 4.78 is 33.6. The van der Waals surface area contributed by atoms with Crippen LogP contribution >= 0.6 is 11.8 Å². The van der Waals surface area contributed by atoms with Crippen LogP contribution in [0.25, 0.3) is 0 Å². The fourth-order valence-corrected chi connectivity index (χ4v) is 6.34. The molecule has 5 rings (SSSR count). The van der Waals surface area contributed by atoms with Crippen LogP contribution in [0.1, 0.15) is 29.9 Å². The Balaban J connectivity index is 1.12. The van der Waals surface area contributed by atoms with E-state index >= 15 is 0 Å². The normalized spacial score (nSPS) is 15.2. The SMILES string of the molecule is Fc1ccc(C(CCCN2CCN(CC(CSc3ccccc3)Oc3ccccc3)CC2)c2ccc(F)cc2)cc1. The maximum atomic E-state index is 13.6. The first-order chi connectivity index (χ1) is 20.1. The lowest BCUT2D eigenvalue weighted by molar-refractivity contribution is 0.0912. The van der Waals surface area contributed by atoms with Crippen molar-refractivity contribution in [3.63, 3.8) is 0 Å². The van der Waals surface area contributed by atoms with Crippen LogP contribution in [-0.4, -0.2) is 60.9 Å². The van der Waals surface area contributed by atoms with Gasteiger partial charge in [0.25, 0.3) is 0 Å². The van der Waals surface area contributed by atoms with E-state index < -0.39 is 0 Å². The maximum Gasteiger partial charge on any atom is 0.123 e. The summed E-state index contributed by atoms with van der Waals surface area (Å²) >= 11 is 1.84. The largest absolute Gasteiger partial charge is 0.488 e. The lowest BCUT2D eigenvalue weighted by Crippen LogP contribution is -2.49. The Hall–Kier alpha value is -3.19. The number of thioether (sulfide) groups is 1. The van der Waals surface area contributed by atoms with Gasteiger partial charge in [-0.15, -0.1) is 11.8 Å². The molecule has 4 aromatic carbocycles. The van der Waals surface area contributed by atoms with Gasteiger partial charge in [0.1, 0.15) is 23.5 Å². The van der Waals surface area contributed by atoms with E-state index in [0.29, 0.717) is 0 Å². The Labute approximate surface area is 247 Å². The van der Waals surface area contributed by atoms with Gasteiger partial charge in [0.05, 0.1) is 0 Å². The van der Waals surface area contributed by atoms with Gasteiger partial charge in [-0.3, -0.25) is 4.90 Å². The van der Waals surface area contributed by atoms with Crippen LogP contribution in [0.3, 0.4) is 0 Å². The molecular formula is C35H38F2N2OS. The average Bonchev–Trinajstić information content (AvgIpc) is 3.01. The predicted octanol–water partition coefficient (Wildman–Crippen LogP) is 7.73. The average molecular weight is 573 g/mol. The lowest BCUT2D eigenvalue weighted by Gasteiger charge is -2.36. The van der Waals surface area contributed by atoms with Crippen molar-refractivity contribution < 1.29 is 13.5 Å². The molecule has 0 radical (unpaired) electrons. The Morgan fingerprint density at radius 1 is 0.659 bits per heavy atom.